The second kappa shape index (κ2) is 8.12. The summed E-state index contributed by atoms with van der Waals surface area (Å²) in [6.45, 7) is 29.3. The predicted octanol–water partition coefficient (Wildman–Crippen LogP) is 8.19. The Hall–Kier alpha value is -1.96. The fourth-order valence-corrected chi connectivity index (χ4v) is 4.53. The van der Waals surface area contributed by atoms with Crippen molar-refractivity contribution in [2.24, 2.45) is 0 Å². The number of rotatable bonds is 2. The van der Waals surface area contributed by atoms with Crippen LogP contribution < -0.4 is 11.5 Å². The molecule has 2 aromatic rings. The van der Waals surface area contributed by atoms with Crippen LogP contribution in [0.15, 0.2) is 24.3 Å². The molecule has 2 rings (SSSR count). The molecule has 0 aromatic heterocycles. The third-order valence-corrected chi connectivity index (χ3v) is 6.64. The highest BCUT2D eigenvalue weighted by atomic mass is 14.6. The summed E-state index contributed by atoms with van der Waals surface area (Å²) >= 11 is 0. The minimum absolute atomic E-state index is 0.0198. The number of benzene rings is 2. The molecule has 2 nitrogen and oxygen atoms in total. The van der Waals surface area contributed by atoms with Gasteiger partial charge in [-0.25, -0.2) is 0 Å². The van der Waals surface area contributed by atoms with E-state index in [-0.39, 0.29) is 27.6 Å². The van der Waals surface area contributed by atoms with Crippen molar-refractivity contribution in [3.63, 3.8) is 0 Å². The number of hydrogen-bond acceptors (Lipinski definition) is 2. The van der Waals surface area contributed by atoms with Gasteiger partial charge >= 0.3 is 0 Å². The Kier molecular flexibility index (Phi) is 6.67. The molecule has 0 atom stereocenters. The lowest BCUT2D eigenvalue weighted by atomic mass is 9.74. The van der Waals surface area contributed by atoms with Crippen LogP contribution in [0.1, 0.15) is 129 Å². The first-order valence-corrected chi connectivity index (χ1v) is 12.0. The third kappa shape index (κ3) is 5.33. The van der Waals surface area contributed by atoms with Gasteiger partial charge in [0, 0.05) is 17.3 Å². The molecule has 0 spiro atoms. The van der Waals surface area contributed by atoms with Crippen LogP contribution in [-0.2, 0) is 21.7 Å². The highest BCUT2D eigenvalue weighted by molar-refractivity contribution is 5.64. The lowest BCUT2D eigenvalue weighted by molar-refractivity contribution is 0.568. The van der Waals surface area contributed by atoms with E-state index in [4.69, 9.17) is 11.5 Å². The highest BCUT2D eigenvalue weighted by Gasteiger charge is 2.29. The largest absolute Gasteiger partial charge is 0.398 e. The fraction of sp³-hybridized carbons (Fsp3) is 0.600. The van der Waals surface area contributed by atoms with Crippen LogP contribution in [0.3, 0.4) is 0 Å². The number of nitrogens with two attached hydrogens (primary N) is 2. The summed E-state index contributed by atoms with van der Waals surface area (Å²) in [5.41, 5.74) is 22.8. The zero-order valence-corrected chi connectivity index (χ0v) is 23.0. The van der Waals surface area contributed by atoms with Crippen molar-refractivity contribution in [1.29, 1.82) is 0 Å². The maximum atomic E-state index is 6.73. The maximum absolute atomic E-state index is 6.73. The Balaban J connectivity index is 2.84. The minimum atomic E-state index is -0.0198. The second-order valence-corrected chi connectivity index (χ2v) is 13.8. The van der Waals surface area contributed by atoms with E-state index in [2.05, 4.69) is 114 Å². The molecule has 0 aliphatic carbocycles. The van der Waals surface area contributed by atoms with Crippen LogP contribution in [0, 0.1) is 0 Å². The van der Waals surface area contributed by atoms with Crippen molar-refractivity contribution >= 4 is 11.4 Å². The van der Waals surface area contributed by atoms with Crippen molar-refractivity contribution in [3.05, 3.63) is 57.6 Å². The van der Waals surface area contributed by atoms with Crippen molar-refractivity contribution in [2.75, 3.05) is 11.5 Å². The lowest BCUT2D eigenvalue weighted by Crippen LogP contribution is -2.22. The summed E-state index contributed by atoms with van der Waals surface area (Å²) < 4.78 is 0. The molecule has 32 heavy (non-hydrogen) atoms. The van der Waals surface area contributed by atoms with E-state index in [0.717, 1.165) is 11.4 Å². The number of hydrogen-bond donors (Lipinski definition) is 2. The molecule has 2 heteroatoms. The first kappa shape index (κ1) is 26.3. The van der Waals surface area contributed by atoms with Crippen LogP contribution in [0.2, 0.25) is 0 Å². The molecule has 0 unspecified atom stereocenters. The summed E-state index contributed by atoms with van der Waals surface area (Å²) in [6, 6.07) is 9.33. The summed E-state index contributed by atoms with van der Waals surface area (Å²) in [7, 11) is 0. The van der Waals surface area contributed by atoms with Gasteiger partial charge in [-0.1, -0.05) is 114 Å². The number of anilines is 2. The highest BCUT2D eigenvalue weighted by Crippen LogP contribution is 2.42. The molecular weight excluding hydrogens is 388 g/mol. The van der Waals surface area contributed by atoms with E-state index in [9.17, 15) is 0 Å². The monoisotopic (exact) mass is 436 g/mol. The van der Waals surface area contributed by atoms with Gasteiger partial charge in [0.2, 0.25) is 0 Å². The van der Waals surface area contributed by atoms with Gasteiger partial charge in [-0.15, -0.1) is 0 Å². The van der Waals surface area contributed by atoms with Crippen LogP contribution in [0.25, 0.3) is 0 Å². The van der Waals surface area contributed by atoms with Gasteiger partial charge in [0.15, 0.2) is 0 Å². The Morgan fingerprint density at radius 2 is 0.656 bits per heavy atom. The molecule has 178 valence electrons. The SMILES string of the molecule is CC(c1cc(C(C)(C)C)c(N)c(C(C)(C)C)c1)c1cc(C(C)(C)C)c(N)c(C(C)(C)C)c1. The van der Waals surface area contributed by atoms with Gasteiger partial charge in [-0.3, -0.25) is 0 Å². The zero-order valence-electron chi connectivity index (χ0n) is 23.0. The molecule has 0 saturated carbocycles. The topological polar surface area (TPSA) is 52.0 Å². The first-order chi connectivity index (χ1) is 14.2. The van der Waals surface area contributed by atoms with Gasteiger partial charge in [0.25, 0.3) is 0 Å². The Labute approximate surface area is 198 Å². The van der Waals surface area contributed by atoms with Gasteiger partial charge in [-0.2, -0.15) is 0 Å². The van der Waals surface area contributed by atoms with Crippen LogP contribution in [0.5, 0.6) is 0 Å². The molecule has 0 fully saturated rings. The molecule has 0 radical (unpaired) electrons. The Morgan fingerprint density at radius 1 is 0.469 bits per heavy atom. The maximum Gasteiger partial charge on any atom is 0.0390 e. The van der Waals surface area contributed by atoms with E-state index < -0.39 is 0 Å². The quantitative estimate of drug-likeness (QED) is 0.466. The Morgan fingerprint density at radius 3 is 0.812 bits per heavy atom. The predicted molar refractivity (Wildman–Crippen MR) is 144 cm³/mol. The molecule has 0 aliphatic rings. The molecule has 4 N–H and O–H groups in total. The zero-order chi connectivity index (χ0) is 25.0. The second-order valence-electron chi connectivity index (χ2n) is 13.8. The van der Waals surface area contributed by atoms with Gasteiger partial charge in [0.05, 0.1) is 0 Å². The van der Waals surface area contributed by atoms with E-state index in [1.807, 2.05) is 0 Å². The average molecular weight is 437 g/mol. The van der Waals surface area contributed by atoms with Gasteiger partial charge in [0.1, 0.15) is 0 Å². The molecule has 2 aromatic carbocycles. The van der Waals surface area contributed by atoms with Crippen molar-refractivity contribution in [1.82, 2.24) is 0 Å². The summed E-state index contributed by atoms with van der Waals surface area (Å²) in [4.78, 5) is 0. The van der Waals surface area contributed by atoms with Crippen molar-refractivity contribution in [2.45, 2.75) is 118 Å². The summed E-state index contributed by atoms with van der Waals surface area (Å²) in [5.74, 6) is 0.237. The smallest absolute Gasteiger partial charge is 0.0390 e. The average Bonchev–Trinajstić information content (AvgIpc) is 2.57. The third-order valence-electron chi connectivity index (χ3n) is 6.64. The van der Waals surface area contributed by atoms with Crippen LogP contribution in [-0.4, -0.2) is 0 Å². The first-order valence-electron chi connectivity index (χ1n) is 12.0. The van der Waals surface area contributed by atoms with Gasteiger partial charge in [-0.05, 0) is 55.0 Å². The Bertz CT molecular complexity index is 832. The molecule has 0 saturated heterocycles. The van der Waals surface area contributed by atoms with E-state index in [1.54, 1.807) is 0 Å². The van der Waals surface area contributed by atoms with Crippen LogP contribution in [0.4, 0.5) is 11.4 Å². The normalized spacial score (nSPS) is 13.7. The number of nitrogen functional groups attached to an aromatic ring is 2. The van der Waals surface area contributed by atoms with E-state index in [1.165, 1.54) is 33.4 Å². The lowest BCUT2D eigenvalue weighted by Gasteiger charge is -2.32. The van der Waals surface area contributed by atoms with Crippen molar-refractivity contribution < 1.29 is 0 Å². The minimum Gasteiger partial charge on any atom is -0.398 e. The molecule has 0 heterocycles. The van der Waals surface area contributed by atoms with E-state index in [0.29, 0.717) is 0 Å². The van der Waals surface area contributed by atoms with Gasteiger partial charge < -0.3 is 11.5 Å². The molecule has 0 aliphatic heterocycles. The molecule has 0 amide bonds. The fourth-order valence-electron chi connectivity index (χ4n) is 4.53. The standard InChI is InChI=1S/C30H48N2/c1-18(19-14-21(27(2,3)4)25(31)22(15-19)28(5,6)7)20-16-23(29(8,9)10)26(32)24(17-20)30(11,12)13/h14-18H,31-32H2,1-13H3. The molecule has 0 bridgehead atoms. The van der Waals surface area contributed by atoms with E-state index >= 15 is 0 Å². The molecular formula is C30H48N2. The summed E-state index contributed by atoms with van der Waals surface area (Å²) in [5, 5.41) is 0. The van der Waals surface area contributed by atoms with Crippen LogP contribution >= 0.6 is 0 Å². The summed E-state index contributed by atoms with van der Waals surface area (Å²) in [6.07, 6.45) is 0. The van der Waals surface area contributed by atoms with Crippen molar-refractivity contribution in [3.8, 4) is 0 Å².